The molecule has 0 aliphatic carbocycles. The molecule has 0 saturated carbocycles. The van der Waals surface area contributed by atoms with Crippen LogP contribution >= 0.6 is 0 Å². The Morgan fingerprint density at radius 2 is 1.83 bits per heavy atom. The van der Waals surface area contributed by atoms with Crippen molar-refractivity contribution in [2.75, 3.05) is 6.54 Å². The van der Waals surface area contributed by atoms with Crippen molar-refractivity contribution in [2.45, 2.75) is 53.0 Å². The summed E-state index contributed by atoms with van der Waals surface area (Å²) in [5, 5.41) is 11.5. The van der Waals surface area contributed by atoms with E-state index in [0.29, 0.717) is 13.0 Å². The summed E-state index contributed by atoms with van der Waals surface area (Å²) in [7, 11) is 0. The Morgan fingerprint density at radius 1 is 1.28 bits per heavy atom. The van der Waals surface area contributed by atoms with Gasteiger partial charge in [0.05, 0.1) is 6.04 Å². The lowest BCUT2D eigenvalue weighted by atomic mass is 9.76. The minimum atomic E-state index is -0.774. The zero-order valence-corrected chi connectivity index (χ0v) is 11.8. The Hall–Kier alpha value is -1.10. The normalized spacial score (nSPS) is 14.9. The molecular formula is C13H26N2O3. The zero-order valence-electron chi connectivity index (χ0n) is 11.8. The molecular weight excluding hydrogens is 232 g/mol. The third kappa shape index (κ3) is 7.27. The van der Waals surface area contributed by atoms with Crippen molar-refractivity contribution < 1.29 is 14.7 Å². The Labute approximate surface area is 109 Å². The van der Waals surface area contributed by atoms with E-state index in [9.17, 15) is 9.59 Å². The van der Waals surface area contributed by atoms with Gasteiger partial charge < -0.3 is 16.2 Å². The Kier molecular flexibility index (Phi) is 6.91. The first-order chi connectivity index (χ1) is 8.14. The molecule has 0 bridgehead atoms. The number of carboxylic acid groups (broad SMARTS) is 1. The van der Waals surface area contributed by atoms with Crippen LogP contribution in [-0.2, 0) is 9.59 Å². The predicted molar refractivity (Wildman–Crippen MR) is 71.1 cm³/mol. The number of carbonyl (C=O) groups is 2. The van der Waals surface area contributed by atoms with Crippen molar-refractivity contribution in [3.8, 4) is 0 Å². The van der Waals surface area contributed by atoms with Crippen LogP contribution in [0.5, 0.6) is 0 Å². The van der Waals surface area contributed by atoms with Crippen molar-refractivity contribution in [1.82, 2.24) is 5.32 Å². The lowest BCUT2D eigenvalue weighted by molar-refractivity contribution is -0.137. The van der Waals surface area contributed by atoms with Crippen LogP contribution in [0.1, 0.15) is 47.0 Å². The van der Waals surface area contributed by atoms with E-state index >= 15 is 0 Å². The third-order valence-corrected chi connectivity index (χ3v) is 3.14. The van der Waals surface area contributed by atoms with Crippen LogP contribution in [0, 0.1) is 11.3 Å². The predicted octanol–water partition coefficient (Wildman–Crippen LogP) is 1.37. The SMILES string of the molecule is CC(N)C(=O)NCCC(CCC(=O)O)C(C)(C)C. The van der Waals surface area contributed by atoms with E-state index in [1.165, 1.54) is 0 Å². The Bertz CT molecular complexity index is 282. The van der Waals surface area contributed by atoms with Crippen molar-refractivity contribution >= 4 is 11.9 Å². The first kappa shape index (κ1) is 16.9. The van der Waals surface area contributed by atoms with Crippen molar-refractivity contribution in [3.63, 3.8) is 0 Å². The summed E-state index contributed by atoms with van der Waals surface area (Å²) in [5.74, 6) is -0.674. The molecule has 0 heterocycles. The van der Waals surface area contributed by atoms with E-state index in [-0.39, 0.29) is 23.7 Å². The van der Waals surface area contributed by atoms with Gasteiger partial charge in [0, 0.05) is 13.0 Å². The average Bonchev–Trinajstić information content (AvgIpc) is 2.20. The summed E-state index contributed by atoms with van der Waals surface area (Å²) < 4.78 is 0. The Balaban J connectivity index is 4.18. The number of hydrogen-bond donors (Lipinski definition) is 3. The maximum absolute atomic E-state index is 11.3. The molecule has 0 fully saturated rings. The van der Waals surface area contributed by atoms with Gasteiger partial charge in [-0.1, -0.05) is 20.8 Å². The third-order valence-electron chi connectivity index (χ3n) is 3.14. The highest BCUT2D eigenvalue weighted by Gasteiger charge is 2.25. The molecule has 0 aliphatic rings. The van der Waals surface area contributed by atoms with Crippen LogP contribution < -0.4 is 11.1 Å². The number of nitrogens with one attached hydrogen (secondary N) is 1. The van der Waals surface area contributed by atoms with Gasteiger partial charge >= 0.3 is 5.97 Å². The highest BCUT2D eigenvalue weighted by Crippen LogP contribution is 2.32. The van der Waals surface area contributed by atoms with Crippen LogP contribution in [-0.4, -0.2) is 29.6 Å². The summed E-state index contributed by atoms with van der Waals surface area (Å²) in [6.07, 6.45) is 1.57. The molecule has 5 nitrogen and oxygen atoms in total. The molecule has 0 aromatic rings. The summed E-state index contributed by atoms with van der Waals surface area (Å²) in [6.45, 7) is 8.45. The minimum absolute atomic E-state index is 0.0362. The van der Waals surface area contributed by atoms with Gasteiger partial charge in [-0.25, -0.2) is 0 Å². The molecule has 18 heavy (non-hydrogen) atoms. The quantitative estimate of drug-likeness (QED) is 0.643. The Morgan fingerprint density at radius 3 is 2.22 bits per heavy atom. The molecule has 0 spiro atoms. The molecule has 0 rings (SSSR count). The van der Waals surface area contributed by atoms with Gasteiger partial charge in [0.1, 0.15) is 0 Å². The first-order valence-corrected chi connectivity index (χ1v) is 6.39. The molecule has 2 atom stereocenters. The van der Waals surface area contributed by atoms with E-state index in [2.05, 4.69) is 26.1 Å². The van der Waals surface area contributed by atoms with E-state index < -0.39 is 12.0 Å². The highest BCUT2D eigenvalue weighted by molar-refractivity contribution is 5.80. The maximum atomic E-state index is 11.3. The van der Waals surface area contributed by atoms with E-state index in [1.807, 2.05) is 0 Å². The molecule has 0 aromatic carbocycles. The number of aliphatic carboxylic acids is 1. The van der Waals surface area contributed by atoms with Gasteiger partial charge in [-0.2, -0.15) is 0 Å². The number of nitrogens with two attached hydrogens (primary N) is 1. The zero-order chi connectivity index (χ0) is 14.3. The molecule has 4 N–H and O–H groups in total. The van der Waals surface area contributed by atoms with Crippen LogP contribution in [0.15, 0.2) is 0 Å². The van der Waals surface area contributed by atoms with Gasteiger partial charge in [-0.05, 0) is 31.1 Å². The fraction of sp³-hybridized carbons (Fsp3) is 0.846. The second-order valence-corrected chi connectivity index (χ2v) is 5.86. The molecule has 1 amide bonds. The van der Waals surface area contributed by atoms with Crippen LogP contribution in [0.4, 0.5) is 0 Å². The second kappa shape index (κ2) is 7.36. The number of rotatable bonds is 7. The summed E-state index contributed by atoms with van der Waals surface area (Å²) >= 11 is 0. The van der Waals surface area contributed by atoms with Gasteiger partial charge in [-0.15, -0.1) is 0 Å². The summed E-state index contributed by atoms with van der Waals surface area (Å²) in [6, 6.07) is -0.503. The fourth-order valence-electron chi connectivity index (χ4n) is 1.84. The number of carboxylic acids is 1. The maximum Gasteiger partial charge on any atom is 0.303 e. The summed E-state index contributed by atoms with van der Waals surface area (Å²) in [4.78, 5) is 21.9. The molecule has 106 valence electrons. The number of amides is 1. The van der Waals surface area contributed by atoms with E-state index in [1.54, 1.807) is 6.92 Å². The molecule has 0 aromatic heterocycles. The lowest BCUT2D eigenvalue weighted by Gasteiger charge is -2.30. The van der Waals surface area contributed by atoms with E-state index in [0.717, 1.165) is 6.42 Å². The molecule has 2 unspecified atom stereocenters. The lowest BCUT2D eigenvalue weighted by Crippen LogP contribution is -2.39. The molecule has 0 aliphatic heterocycles. The van der Waals surface area contributed by atoms with Gasteiger partial charge in [0.2, 0.25) is 5.91 Å². The summed E-state index contributed by atoms with van der Waals surface area (Å²) in [5.41, 5.74) is 5.48. The number of carbonyl (C=O) groups excluding carboxylic acids is 1. The van der Waals surface area contributed by atoms with Crippen molar-refractivity contribution in [2.24, 2.45) is 17.1 Å². The second-order valence-electron chi connectivity index (χ2n) is 5.86. The first-order valence-electron chi connectivity index (χ1n) is 6.39. The average molecular weight is 258 g/mol. The molecule has 0 radical (unpaired) electrons. The topological polar surface area (TPSA) is 92.4 Å². The van der Waals surface area contributed by atoms with E-state index in [4.69, 9.17) is 10.8 Å². The van der Waals surface area contributed by atoms with Gasteiger partial charge in [0.25, 0.3) is 0 Å². The van der Waals surface area contributed by atoms with Crippen molar-refractivity contribution in [3.05, 3.63) is 0 Å². The van der Waals surface area contributed by atoms with Crippen LogP contribution in [0.3, 0.4) is 0 Å². The molecule has 0 saturated heterocycles. The largest absolute Gasteiger partial charge is 0.481 e. The van der Waals surface area contributed by atoms with Crippen molar-refractivity contribution in [1.29, 1.82) is 0 Å². The van der Waals surface area contributed by atoms with Crippen LogP contribution in [0.25, 0.3) is 0 Å². The van der Waals surface area contributed by atoms with Gasteiger partial charge in [-0.3, -0.25) is 9.59 Å². The smallest absolute Gasteiger partial charge is 0.303 e. The fourth-order valence-corrected chi connectivity index (χ4v) is 1.84. The number of hydrogen-bond acceptors (Lipinski definition) is 3. The van der Waals surface area contributed by atoms with Gasteiger partial charge in [0.15, 0.2) is 0 Å². The standard InChI is InChI=1S/C13H26N2O3/c1-9(14)12(18)15-8-7-10(13(2,3)4)5-6-11(16)17/h9-10H,5-8,14H2,1-4H3,(H,15,18)(H,16,17). The highest BCUT2D eigenvalue weighted by atomic mass is 16.4. The molecule has 5 heteroatoms. The monoisotopic (exact) mass is 258 g/mol. The minimum Gasteiger partial charge on any atom is -0.481 e. The van der Waals surface area contributed by atoms with Crippen LogP contribution in [0.2, 0.25) is 0 Å².